The number of hydrogen-bond acceptors (Lipinski definition) is 8. The summed E-state index contributed by atoms with van der Waals surface area (Å²) in [6.07, 6.45) is 35.4. The highest BCUT2D eigenvalue weighted by molar-refractivity contribution is 6.34. The summed E-state index contributed by atoms with van der Waals surface area (Å²) < 4.78 is 13.2. The van der Waals surface area contributed by atoms with Crippen molar-refractivity contribution >= 4 is 34.3 Å². The minimum Gasteiger partial charge on any atom is -0.504 e. The summed E-state index contributed by atoms with van der Waals surface area (Å²) in [5.74, 6) is 1.53. The Morgan fingerprint density at radius 2 is 0.855 bits per heavy atom. The second kappa shape index (κ2) is 30.8. The molecule has 0 radical (unpaired) electrons. The number of carbonyl (C=O) groups excluding carboxylic acids is 2. The maximum absolute atomic E-state index is 15.6. The smallest absolute Gasteiger partial charge is 0.200 e. The summed E-state index contributed by atoms with van der Waals surface area (Å²) in [5.41, 5.74) is 6.33. The van der Waals surface area contributed by atoms with Gasteiger partial charge in [-0.1, -0.05) is 191 Å². The van der Waals surface area contributed by atoms with Gasteiger partial charge in [-0.25, -0.2) is 0 Å². The number of aromatic hydroxyl groups is 2. The summed E-state index contributed by atoms with van der Waals surface area (Å²) in [6.45, 7) is 8.93. The predicted molar refractivity (Wildman–Crippen MR) is 343 cm³/mol. The molecule has 3 aliphatic carbocycles. The van der Waals surface area contributed by atoms with Gasteiger partial charge in [0, 0.05) is 23.5 Å². The van der Waals surface area contributed by atoms with Crippen LogP contribution in [0.4, 0.5) is 22.7 Å². The van der Waals surface area contributed by atoms with E-state index in [4.69, 9.17) is 9.47 Å². The van der Waals surface area contributed by atoms with Gasteiger partial charge in [0.25, 0.3) is 0 Å². The van der Waals surface area contributed by atoms with Crippen molar-refractivity contribution in [3.63, 3.8) is 0 Å². The van der Waals surface area contributed by atoms with E-state index in [0.29, 0.717) is 29.0 Å². The summed E-state index contributed by atoms with van der Waals surface area (Å²) in [6, 6.07) is 35.6. The van der Waals surface area contributed by atoms with E-state index >= 15 is 9.59 Å². The van der Waals surface area contributed by atoms with Crippen LogP contribution in [-0.4, -0.2) is 21.8 Å². The van der Waals surface area contributed by atoms with Crippen molar-refractivity contribution in [2.45, 2.75) is 226 Å². The Bertz CT molecular complexity index is 3020. The van der Waals surface area contributed by atoms with Gasteiger partial charge in [-0.2, -0.15) is 0 Å². The zero-order chi connectivity index (χ0) is 57.9. The van der Waals surface area contributed by atoms with Gasteiger partial charge in [0.2, 0.25) is 11.6 Å². The standard InChI is InChI=1S/C75H96N2O6/c1-5-9-13-16-19-24-52-30-36-55(37-31-52)57-40-46-61(47-41-57)82-66-50-64(76-60-44-34-54(35-45-60)26-21-18-15-11-7-3)68-70(72(66)78)75(81)69-65(77-63-29-23-22-28-59(63)27-12-8-4)51-67(73(79)71(69)74(68)80)83-62-48-42-58(43-49-62)56-38-32-53(33-39-56)25-20-17-14-10-6-2/h22-23,28-29,34-35,40-53,55-56,76-79H,5-21,24-27,30-33,36-39H2,1-4H3. The van der Waals surface area contributed by atoms with E-state index in [1.807, 2.05) is 54.6 Å². The Balaban J connectivity index is 1.02. The molecule has 0 spiro atoms. The molecule has 0 aromatic heterocycles. The number of aryl methyl sites for hydroxylation is 2. The number of phenols is 2. The Morgan fingerprint density at radius 1 is 0.422 bits per heavy atom. The Kier molecular flexibility index (Phi) is 22.7. The number of hydrogen-bond donors (Lipinski definition) is 4. The fraction of sp³-hybridized carbons (Fsp3) is 0.493. The first-order valence-electron chi connectivity index (χ1n) is 32.8. The van der Waals surface area contributed by atoms with E-state index < -0.39 is 23.1 Å². The third kappa shape index (κ3) is 16.0. The maximum atomic E-state index is 15.6. The number of phenolic OH excluding ortho intramolecular Hbond substituents is 2. The van der Waals surface area contributed by atoms with Crippen LogP contribution in [0.25, 0.3) is 0 Å². The second-order valence-electron chi connectivity index (χ2n) is 24.8. The van der Waals surface area contributed by atoms with Gasteiger partial charge in [-0.05, 0) is 165 Å². The third-order valence-corrected chi connectivity index (χ3v) is 18.6. The van der Waals surface area contributed by atoms with Crippen LogP contribution in [0.5, 0.6) is 34.5 Å². The number of carbonyl (C=O) groups is 2. The van der Waals surface area contributed by atoms with Crippen LogP contribution in [0.1, 0.15) is 267 Å². The van der Waals surface area contributed by atoms with Crippen LogP contribution in [0, 0.1) is 11.8 Å². The molecule has 4 N–H and O–H groups in total. The number of para-hydroxylation sites is 1. The number of benzene rings is 6. The van der Waals surface area contributed by atoms with E-state index in [-0.39, 0.29) is 45.1 Å². The normalized spacial score (nSPS) is 17.7. The van der Waals surface area contributed by atoms with Gasteiger partial charge in [0.05, 0.1) is 33.6 Å². The molecule has 2 fully saturated rings. The third-order valence-electron chi connectivity index (χ3n) is 18.6. The van der Waals surface area contributed by atoms with E-state index in [2.05, 4.69) is 80.8 Å². The minimum atomic E-state index is -0.629. The van der Waals surface area contributed by atoms with Gasteiger partial charge in [-0.3, -0.25) is 9.59 Å². The molecule has 0 amide bonds. The molecule has 8 nitrogen and oxygen atoms in total. The van der Waals surface area contributed by atoms with Crippen molar-refractivity contribution in [2.24, 2.45) is 11.8 Å². The molecule has 0 bridgehead atoms. The van der Waals surface area contributed by atoms with Crippen LogP contribution in [0.15, 0.2) is 109 Å². The average molecular weight is 1120 g/mol. The zero-order valence-electron chi connectivity index (χ0n) is 50.7. The summed E-state index contributed by atoms with van der Waals surface area (Å²) in [7, 11) is 0. The number of rotatable bonds is 31. The van der Waals surface area contributed by atoms with Crippen molar-refractivity contribution in [1.29, 1.82) is 0 Å². The first kappa shape index (κ1) is 61.0. The summed E-state index contributed by atoms with van der Waals surface area (Å²) >= 11 is 0. The Hall–Kier alpha value is -6.54. The molecule has 8 heteroatoms. The fourth-order valence-electron chi connectivity index (χ4n) is 13.5. The monoisotopic (exact) mass is 1120 g/mol. The molecule has 3 aliphatic rings. The van der Waals surface area contributed by atoms with Crippen LogP contribution in [0.3, 0.4) is 0 Å². The highest BCUT2D eigenvalue weighted by Gasteiger charge is 2.41. The van der Waals surface area contributed by atoms with Gasteiger partial charge < -0.3 is 30.3 Å². The lowest BCUT2D eigenvalue weighted by atomic mass is 9.77. The molecule has 6 aromatic rings. The summed E-state index contributed by atoms with van der Waals surface area (Å²) in [4.78, 5) is 31.3. The zero-order valence-corrected chi connectivity index (χ0v) is 50.7. The second-order valence-corrected chi connectivity index (χ2v) is 24.8. The Labute approximate surface area is 497 Å². The molecular formula is C75H96N2O6. The van der Waals surface area contributed by atoms with Gasteiger partial charge >= 0.3 is 0 Å². The van der Waals surface area contributed by atoms with Crippen molar-refractivity contribution in [3.8, 4) is 34.5 Å². The van der Waals surface area contributed by atoms with E-state index in [1.54, 1.807) is 12.1 Å². The molecule has 0 unspecified atom stereocenters. The van der Waals surface area contributed by atoms with Crippen LogP contribution >= 0.6 is 0 Å². The number of nitrogens with one attached hydrogen (secondary N) is 2. The van der Waals surface area contributed by atoms with Crippen LogP contribution in [-0.2, 0) is 12.8 Å². The maximum Gasteiger partial charge on any atom is 0.200 e. The number of anilines is 4. The first-order chi connectivity index (χ1) is 40.7. The Morgan fingerprint density at radius 3 is 1.33 bits per heavy atom. The molecule has 9 rings (SSSR count). The number of unbranched alkanes of at least 4 members (excludes halogenated alkanes) is 13. The number of fused-ring (bicyclic) bond motifs is 2. The van der Waals surface area contributed by atoms with Crippen LogP contribution in [0.2, 0.25) is 0 Å². The largest absolute Gasteiger partial charge is 0.504 e. The molecule has 83 heavy (non-hydrogen) atoms. The molecule has 0 heterocycles. The van der Waals surface area contributed by atoms with E-state index in [1.165, 1.54) is 171 Å². The number of ether oxygens (including phenoxy) is 2. The van der Waals surface area contributed by atoms with Gasteiger partial charge in [0.1, 0.15) is 11.5 Å². The van der Waals surface area contributed by atoms with E-state index in [9.17, 15) is 10.2 Å². The average Bonchev–Trinajstić information content (AvgIpc) is 1.87. The van der Waals surface area contributed by atoms with Gasteiger partial charge in [0.15, 0.2) is 23.0 Å². The fourth-order valence-corrected chi connectivity index (χ4v) is 13.5. The minimum absolute atomic E-state index is 0.0321. The molecular weight excluding hydrogens is 1020 g/mol. The highest BCUT2D eigenvalue weighted by atomic mass is 16.5. The van der Waals surface area contributed by atoms with Crippen molar-refractivity contribution in [1.82, 2.24) is 0 Å². The van der Waals surface area contributed by atoms with Crippen LogP contribution < -0.4 is 20.1 Å². The SMILES string of the molecule is CCCCCCCc1ccc(Nc2cc(Oc3ccc(C4CCC(CCCCCCC)CC4)cc3)c(O)c3c2C(=O)c2c(O)c(Oc4ccc(C5CCC(CCCCCCC)CC5)cc4)cc(Nc4ccccc4CCCC)c2C3=O)cc1. The first-order valence-corrected chi connectivity index (χ1v) is 32.8. The number of ketones is 2. The van der Waals surface area contributed by atoms with Crippen molar-refractivity contribution < 1.29 is 29.3 Å². The van der Waals surface area contributed by atoms with E-state index in [0.717, 1.165) is 55.2 Å². The molecule has 0 saturated heterocycles. The molecule has 442 valence electrons. The lowest BCUT2D eigenvalue weighted by Gasteiger charge is -2.29. The lowest BCUT2D eigenvalue weighted by Crippen LogP contribution is -2.24. The molecule has 0 atom stereocenters. The van der Waals surface area contributed by atoms with Gasteiger partial charge in [-0.15, -0.1) is 0 Å². The summed E-state index contributed by atoms with van der Waals surface area (Å²) in [5, 5.41) is 31.9. The van der Waals surface area contributed by atoms with Crippen molar-refractivity contribution in [3.05, 3.63) is 154 Å². The predicted octanol–water partition coefficient (Wildman–Crippen LogP) is 22.1. The molecule has 0 aliphatic heterocycles. The highest BCUT2D eigenvalue weighted by Crippen LogP contribution is 2.51. The molecule has 2 saturated carbocycles. The quantitative estimate of drug-likeness (QED) is 0.0251. The van der Waals surface area contributed by atoms with Crippen molar-refractivity contribution in [2.75, 3.05) is 10.6 Å². The topological polar surface area (TPSA) is 117 Å². The molecule has 6 aromatic carbocycles. The lowest BCUT2D eigenvalue weighted by molar-refractivity contribution is 0.0974.